The van der Waals surface area contributed by atoms with Crippen molar-refractivity contribution in [2.24, 2.45) is 0 Å². The Kier molecular flexibility index (Phi) is 4.90. The van der Waals surface area contributed by atoms with E-state index in [1.165, 1.54) is 4.90 Å². The number of hydrogen-bond donors (Lipinski definition) is 1. The van der Waals surface area contributed by atoms with E-state index in [2.05, 4.69) is 15.6 Å². The van der Waals surface area contributed by atoms with Crippen LogP contribution in [0.2, 0.25) is 5.02 Å². The number of hydrogen-bond acceptors (Lipinski definition) is 6. The molecular formula is C22H18ClN5O4. The van der Waals surface area contributed by atoms with Gasteiger partial charge in [-0.2, -0.15) is 0 Å². The third kappa shape index (κ3) is 3.40. The smallest absolute Gasteiger partial charge is 0.255 e. The first-order valence-electron chi connectivity index (χ1n) is 9.99. The number of aromatic nitrogens is 3. The molecule has 1 saturated heterocycles. The molecule has 2 aliphatic rings. The summed E-state index contributed by atoms with van der Waals surface area (Å²) in [6, 6.07) is 10.0. The van der Waals surface area contributed by atoms with Crippen LogP contribution in [0.3, 0.4) is 0 Å². The SMILES string of the molecule is COc1ccc(Cl)c(-c2cn(-c3ccc4c(c3)C(=O)N(C3CCC(=O)NC3=O)C4)nn2)c1. The van der Waals surface area contributed by atoms with Crippen LogP contribution in [0.5, 0.6) is 5.75 Å². The predicted molar refractivity (Wildman–Crippen MR) is 114 cm³/mol. The molecule has 0 aliphatic carbocycles. The summed E-state index contributed by atoms with van der Waals surface area (Å²) in [4.78, 5) is 38.2. The van der Waals surface area contributed by atoms with Crippen molar-refractivity contribution in [2.45, 2.75) is 25.4 Å². The minimum atomic E-state index is -0.649. The molecule has 1 aromatic heterocycles. The van der Waals surface area contributed by atoms with E-state index in [1.54, 1.807) is 42.3 Å². The second-order valence-corrected chi connectivity index (χ2v) is 8.04. The molecule has 3 aromatic rings. The van der Waals surface area contributed by atoms with Crippen LogP contribution >= 0.6 is 11.6 Å². The van der Waals surface area contributed by atoms with Crippen LogP contribution < -0.4 is 10.1 Å². The number of methoxy groups -OCH3 is 1. The fourth-order valence-corrected chi connectivity index (χ4v) is 4.24. The van der Waals surface area contributed by atoms with Gasteiger partial charge in [-0.05, 0) is 42.3 Å². The maximum atomic E-state index is 13.0. The second kappa shape index (κ2) is 7.76. The number of halogens is 1. The quantitative estimate of drug-likeness (QED) is 0.610. The lowest BCUT2D eigenvalue weighted by atomic mass is 10.0. The molecule has 9 nitrogen and oxygen atoms in total. The highest BCUT2D eigenvalue weighted by atomic mass is 35.5. The Hall–Kier alpha value is -3.72. The van der Waals surface area contributed by atoms with Crippen molar-refractivity contribution in [3.63, 3.8) is 0 Å². The van der Waals surface area contributed by atoms with Crippen LogP contribution in [-0.4, -0.2) is 50.8 Å². The zero-order valence-corrected chi connectivity index (χ0v) is 17.8. The number of nitrogens with zero attached hydrogens (tertiary/aromatic N) is 4. The topological polar surface area (TPSA) is 106 Å². The van der Waals surface area contributed by atoms with Gasteiger partial charge in [0.25, 0.3) is 5.91 Å². The van der Waals surface area contributed by atoms with Gasteiger partial charge in [0.05, 0.1) is 24.0 Å². The maximum absolute atomic E-state index is 13.0. The fourth-order valence-electron chi connectivity index (χ4n) is 4.03. The highest BCUT2D eigenvalue weighted by molar-refractivity contribution is 6.33. The molecule has 162 valence electrons. The zero-order valence-electron chi connectivity index (χ0n) is 17.0. The summed E-state index contributed by atoms with van der Waals surface area (Å²) in [5.41, 5.74) is 3.22. The molecule has 1 fully saturated rings. The molecule has 32 heavy (non-hydrogen) atoms. The maximum Gasteiger partial charge on any atom is 0.255 e. The van der Waals surface area contributed by atoms with Gasteiger partial charge in [-0.1, -0.05) is 22.9 Å². The molecule has 3 heterocycles. The Bertz CT molecular complexity index is 1270. The van der Waals surface area contributed by atoms with Crippen molar-refractivity contribution in [1.82, 2.24) is 25.2 Å². The molecule has 2 aromatic carbocycles. The minimum absolute atomic E-state index is 0.219. The Labute approximate surface area is 187 Å². The number of benzene rings is 2. The minimum Gasteiger partial charge on any atom is -0.497 e. The summed E-state index contributed by atoms with van der Waals surface area (Å²) >= 11 is 6.31. The lowest BCUT2D eigenvalue weighted by molar-refractivity contribution is -0.136. The van der Waals surface area contributed by atoms with Crippen LogP contribution in [0, 0.1) is 0 Å². The third-order valence-electron chi connectivity index (χ3n) is 5.72. The molecule has 0 bridgehead atoms. The Morgan fingerprint density at radius 3 is 2.75 bits per heavy atom. The van der Waals surface area contributed by atoms with Gasteiger partial charge in [0, 0.05) is 24.1 Å². The van der Waals surface area contributed by atoms with Gasteiger partial charge in [0.15, 0.2) is 0 Å². The lowest BCUT2D eigenvalue weighted by Gasteiger charge is -2.29. The molecule has 10 heteroatoms. The summed E-state index contributed by atoms with van der Waals surface area (Å²) in [7, 11) is 1.57. The highest BCUT2D eigenvalue weighted by Gasteiger charge is 2.39. The van der Waals surface area contributed by atoms with Gasteiger partial charge in [0.1, 0.15) is 17.5 Å². The molecular weight excluding hydrogens is 434 g/mol. The second-order valence-electron chi connectivity index (χ2n) is 7.64. The van der Waals surface area contributed by atoms with E-state index < -0.39 is 11.9 Å². The van der Waals surface area contributed by atoms with Crippen LogP contribution in [-0.2, 0) is 16.1 Å². The van der Waals surface area contributed by atoms with Crippen molar-refractivity contribution in [2.75, 3.05) is 7.11 Å². The average Bonchev–Trinajstić information content (AvgIpc) is 3.39. The molecule has 2 aliphatic heterocycles. The summed E-state index contributed by atoms with van der Waals surface area (Å²) < 4.78 is 6.82. The molecule has 5 rings (SSSR count). The number of carbonyl (C=O) groups excluding carboxylic acids is 3. The summed E-state index contributed by atoms with van der Waals surface area (Å²) in [5.74, 6) is -0.335. The average molecular weight is 452 g/mol. The molecule has 3 amide bonds. The highest BCUT2D eigenvalue weighted by Crippen LogP contribution is 2.32. The largest absolute Gasteiger partial charge is 0.497 e. The number of fused-ring (bicyclic) bond motifs is 1. The normalized spacial score (nSPS) is 18.0. The first-order valence-corrected chi connectivity index (χ1v) is 10.4. The number of carbonyl (C=O) groups is 3. The van der Waals surface area contributed by atoms with E-state index in [-0.39, 0.29) is 18.2 Å². The van der Waals surface area contributed by atoms with Gasteiger partial charge in [-0.15, -0.1) is 5.10 Å². The fraction of sp³-hybridized carbons (Fsp3) is 0.227. The van der Waals surface area contributed by atoms with E-state index in [0.29, 0.717) is 46.2 Å². The summed E-state index contributed by atoms with van der Waals surface area (Å²) in [6.07, 6.45) is 2.26. The van der Waals surface area contributed by atoms with Crippen LogP contribution in [0.15, 0.2) is 42.6 Å². The predicted octanol–water partition coefficient (Wildman–Crippen LogP) is 2.36. The Morgan fingerprint density at radius 1 is 1.12 bits per heavy atom. The van der Waals surface area contributed by atoms with E-state index >= 15 is 0 Å². The first kappa shape index (κ1) is 20.2. The molecule has 0 radical (unpaired) electrons. The molecule has 1 N–H and O–H groups in total. The van der Waals surface area contributed by atoms with Crippen molar-refractivity contribution >= 4 is 29.3 Å². The molecule has 0 spiro atoms. The zero-order chi connectivity index (χ0) is 22.4. The van der Waals surface area contributed by atoms with Gasteiger partial charge in [-0.25, -0.2) is 4.68 Å². The van der Waals surface area contributed by atoms with Crippen LogP contribution in [0.25, 0.3) is 16.9 Å². The molecule has 1 unspecified atom stereocenters. The molecule has 0 saturated carbocycles. The number of nitrogens with one attached hydrogen (secondary N) is 1. The van der Waals surface area contributed by atoms with Gasteiger partial charge in [-0.3, -0.25) is 19.7 Å². The van der Waals surface area contributed by atoms with E-state index in [0.717, 1.165) is 5.56 Å². The number of amides is 3. The molecule has 1 atom stereocenters. The standard InChI is InChI=1S/C22H18ClN5O4/c1-32-14-4-5-17(23)16(9-14)18-11-28(26-25-18)13-3-2-12-10-27(22(31)15(12)8-13)19-6-7-20(29)24-21(19)30/h2-5,8-9,11,19H,6-7,10H2,1H3,(H,24,29,30). The lowest BCUT2D eigenvalue weighted by Crippen LogP contribution is -2.52. The van der Waals surface area contributed by atoms with E-state index in [4.69, 9.17) is 16.3 Å². The number of rotatable bonds is 4. The Morgan fingerprint density at radius 2 is 1.97 bits per heavy atom. The van der Waals surface area contributed by atoms with Crippen molar-refractivity contribution in [3.05, 3.63) is 58.7 Å². The van der Waals surface area contributed by atoms with Gasteiger partial charge >= 0.3 is 0 Å². The number of ether oxygens (including phenoxy) is 1. The van der Waals surface area contributed by atoms with E-state index in [9.17, 15) is 14.4 Å². The van der Waals surface area contributed by atoms with Crippen LogP contribution in [0.1, 0.15) is 28.8 Å². The van der Waals surface area contributed by atoms with Crippen molar-refractivity contribution < 1.29 is 19.1 Å². The van der Waals surface area contributed by atoms with Crippen molar-refractivity contribution in [1.29, 1.82) is 0 Å². The third-order valence-corrected chi connectivity index (χ3v) is 6.05. The number of imide groups is 1. The number of piperidine rings is 1. The van der Waals surface area contributed by atoms with E-state index in [1.807, 2.05) is 12.1 Å². The van der Waals surface area contributed by atoms with Gasteiger partial charge < -0.3 is 9.64 Å². The summed E-state index contributed by atoms with van der Waals surface area (Å²) in [6.45, 7) is 0.322. The first-order chi connectivity index (χ1) is 15.4. The summed E-state index contributed by atoms with van der Waals surface area (Å²) in [5, 5.41) is 11.2. The van der Waals surface area contributed by atoms with Crippen molar-refractivity contribution in [3.8, 4) is 22.7 Å². The van der Waals surface area contributed by atoms with Gasteiger partial charge in [0.2, 0.25) is 11.8 Å². The van der Waals surface area contributed by atoms with Crippen LogP contribution in [0.4, 0.5) is 0 Å². The Balaban J connectivity index is 1.42. The monoisotopic (exact) mass is 451 g/mol.